The summed E-state index contributed by atoms with van der Waals surface area (Å²) in [6.07, 6.45) is 4.54. The van der Waals surface area contributed by atoms with Gasteiger partial charge in [-0.25, -0.2) is 4.98 Å². The Hall–Kier alpha value is -1.09. The summed E-state index contributed by atoms with van der Waals surface area (Å²) in [6, 6.07) is 2.07. The Morgan fingerprint density at radius 1 is 1.31 bits per heavy atom. The molecule has 0 saturated carbocycles. The van der Waals surface area contributed by atoms with E-state index in [4.69, 9.17) is 4.74 Å². The minimum Gasteiger partial charge on any atom is -0.381 e. The summed E-state index contributed by atoms with van der Waals surface area (Å²) in [6.45, 7) is 6.40. The molecule has 1 fully saturated rings. The summed E-state index contributed by atoms with van der Waals surface area (Å²) in [5.41, 5.74) is 2.62. The number of piperidine rings is 1. The fraction of sp³-hybridized carbons (Fsp3) is 0.615. The van der Waals surface area contributed by atoms with Crippen LogP contribution in [0.25, 0.3) is 0 Å². The smallest absolute Gasteiger partial charge is 0.131 e. The van der Waals surface area contributed by atoms with Crippen molar-refractivity contribution >= 4 is 5.82 Å². The monoisotopic (exact) mass is 220 g/mol. The average Bonchev–Trinajstić information content (AvgIpc) is 2.33. The van der Waals surface area contributed by atoms with Crippen LogP contribution in [0.3, 0.4) is 0 Å². The van der Waals surface area contributed by atoms with Crippen molar-refractivity contribution in [1.29, 1.82) is 0 Å². The molecule has 1 aromatic heterocycles. The van der Waals surface area contributed by atoms with Crippen molar-refractivity contribution in [3.8, 4) is 0 Å². The minimum absolute atomic E-state index is 0.432. The van der Waals surface area contributed by atoms with Gasteiger partial charge in [0, 0.05) is 26.4 Å². The van der Waals surface area contributed by atoms with Crippen LogP contribution in [-0.4, -0.2) is 31.3 Å². The zero-order chi connectivity index (χ0) is 11.5. The number of rotatable bonds is 2. The van der Waals surface area contributed by atoms with Crippen LogP contribution in [-0.2, 0) is 4.74 Å². The Bertz CT molecular complexity index is 357. The fourth-order valence-electron chi connectivity index (χ4n) is 2.24. The van der Waals surface area contributed by atoms with Crippen molar-refractivity contribution in [1.82, 2.24) is 4.98 Å². The lowest BCUT2D eigenvalue weighted by molar-refractivity contribution is 0.0818. The van der Waals surface area contributed by atoms with E-state index >= 15 is 0 Å². The number of aromatic nitrogens is 1. The first-order valence-corrected chi connectivity index (χ1v) is 5.92. The van der Waals surface area contributed by atoms with E-state index in [9.17, 15) is 0 Å². The first kappa shape index (κ1) is 11.4. The highest BCUT2D eigenvalue weighted by molar-refractivity contribution is 5.49. The summed E-state index contributed by atoms with van der Waals surface area (Å²) < 4.78 is 5.38. The molecule has 1 aliphatic heterocycles. The Labute approximate surface area is 97.4 Å². The maximum atomic E-state index is 5.38. The summed E-state index contributed by atoms with van der Waals surface area (Å²) in [4.78, 5) is 6.87. The predicted octanol–water partition coefficient (Wildman–Crippen LogP) is 2.31. The van der Waals surface area contributed by atoms with Crippen molar-refractivity contribution in [3.05, 3.63) is 23.4 Å². The highest BCUT2D eigenvalue weighted by atomic mass is 16.5. The van der Waals surface area contributed by atoms with Gasteiger partial charge in [0.2, 0.25) is 0 Å². The molecule has 1 aliphatic rings. The molecular formula is C13H20N2O. The van der Waals surface area contributed by atoms with E-state index < -0.39 is 0 Å². The van der Waals surface area contributed by atoms with Crippen LogP contribution in [0, 0.1) is 13.8 Å². The lowest BCUT2D eigenvalue weighted by Crippen LogP contribution is -2.37. The maximum Gasteiger partial charge on any atom is 0.131 e. The van der Waals surface area contributed by atoms with Gasteiger partial charge in [-0.3, -0.25) is 0 Å². The number of methoxy groups -OCH3 is 1. The van der Waals surface area contributed by atoms with Gasteiger partial charge in [-0.2, -0.15) is 0 Å². The molecular weight excluding hydrogens is 200 g/mol. The topological polar surface area (TPSA) is 25.4 Å². The largest absolute Gasteiger partial charge is 0.381 e. The Morgan fingerprint density at radius 3 is 2.62 bits per heavy atom. The van der Waals surface area contributed by atoms with Crippen molar-refractivity contribution in [2.45, 2.75) is 32.8 Å². The van der Waals surface area contributed by atoms with E-state index in [-0.39, 0.29) is 0 Å². The van der Waals surface area contributed by atoms with E-state index in [2.05, 4.69) is 29.8 Å². The summed E-state index contributed by atoms with van der Waals surface area (Å²) in [5, 5.41) is 0. The van der Waals surface area contributed by atoms with Gasteiger partial charge in [0.25, 0.3) is 0 Å². The van der Waals surface area contributed by atoms with Crippen LogP contribution in [0.4, 0.5) is 5.82 Å². The Morgan fingerprint density at radius 2 is 2.00 bits per heavy atom. The SMILES string of the molecule is COC1CCN(c2nccc(C)c2C)CC1. The van der Waals surface area contributed by atoms with E-state index in [0.29, 0.717) is 6.10 Å². The molecule has 0 aliphatic carbocycles. The third kappa shape index (κ3) is 2.19. The standard InChI is InChI=1S/C13H20N2O/c1-10-4-7-14-13(11(10)2)15-8-5-12(16-3)6-9-15/h4,7,12H,5-6,8-9H2,1-3H3. The van der Waals surface area contributed by atoms with E-state index in [1.165, 1.54) is 11.1 Å². The van der Waals surface area contributed by atoms with Gasteiger partial charge in [-0.1, -0.05) is 0 Å². The molecule has 0 atom stereocenters. The molecule has 0 unspecified atom stereocenters. The molecule has 3 nitrogen and oxygen atoms in total. The van der Waals surface area contributed by atoms with Gasteiger partial charge in [0.1, 0.15) is 5.82 Å². The third-order valence-corrected chi connectivity index (χ3v) is 3.52. The highest BCUT2D eigenvalue weighted by Crippen LogP contribution is 2.23. The molecule has 0 radical (unpaired) electrons. The van der Waals surface area contributed by atoms with Gasteiger partial charge in [0.15, 0.2) is 0 Å². The first-order valence-electron chi connectivity index (χ1n) is 5.92. The number of anilines is 1. The maximum absolute atomic E-state index is 5.38. The number of pyridine rings is 1. The lowest BCUT2D eigenvalue weighted by Gasteiger charge is -2.33. The summed E-state index contributed by atoms with van der Waals surface area (Å²) in [7, 11) is 1.80. The number of ether oxygens (including phenoxy) is 1. The number of nitrogens with zero attached hydrogens (tertiary/aromatic N) is 2. The number of hydrogen-bond donors (Lipinski definition) is 0. The molecule has 2 heterocycles. The molecule has 3 heteroatoms. The second kappa shape index (κ2) is 4.83. The van der Waals surface area contributed by atoms with Crippen LogP contribution in [0.1, 0.15) is 24.0 Å². The van der Waals surface area contributed by atoms with Crippen molar-refractivity contribution in [2.24, 2.45) is 0 Å². The van der Waals surface area contributed by atoms with Crippen molar-refractivity contribution in [3.63, 3.8) is 0 Å². The highest BCUT2D eigenvalue weighted by Gasteiger charge is 2.20. The fourth-order valence-corrected chi connectivity index (χ4v) is 2.24. The molecule has 2 rings (SSSR count). The molecule has 1 saturated heterocycles. The third-order valence-electron chi connectivity index (χ3n) is 3.52. The molecule has 0 N–H and O–H groups in total. The van der Waals surface area contributed by atoms with Crippen LogP contribution in [0.2, 0.25) is 0 Å². The normalized spacial score (nSPS) is 17.8. The molecule has 0 amide bonds. The molecule has 1 aromatic rings. The zero-order valence-electron chi connectivity index (χ0n) is 10.4. The molecule has 0 bridgehead atoms. The second-order valence-electron chi connectivity index (χ2n) is 4.50. The average molecular weight is 220 g/mol. The van der Waals surface area contributed by atoms with Gasteiger partial charge < -0.3 is 9.64 Å². The Balaban J connectivity index is 2.11. The van der Waals surface area contributed by atoms with E-state index in [1.54, 1.807) is 7.11 Å². The van der Waals surface area contributed by atoms with E-state index in [1.807, 2.05) is 6.20 Å². The van der Waals surface area contributed by atoms with E-state index in [0.717, 1.165) is 31.7 Å². The molecule has 88 valence electrons. The first-order chi connectivity index (χ1) is 7.72. The lowest BCUT2D eigenvalue weighted by atomic mass is 10.1. The van der Waals surface area contributed by atoms with Gasteiger partial charge >= 0.3 is 0 Å². The van der Waals surface area contributed by atoms with Crippen LogP contribution < -0.4 is 4.90 Å². The molecule has 0 spiro atoms. The van der Waals surface area contributed by atoms with Gasteiger partial charge in [-0.05, 0) is 43.9 Å². The van der Waals surface area contributed by atoms with Gasteiger partial charge in [0.05, 0.1) is 6.10 Å². The Kier molecular flexibility index (Phi) is 3.44. The summed E-state index contributed by atoms with van der Waals surface area (Å²) >= 11 is 0. The van der Waals surface area contributed by atoms with Crippen LogP contribution >= 0.6 is 0 Å². The number of hydrogen-bond acceptors (Lipinski definition) is 3. The van der Waals surface area contributed by atoms with Crippen LogP contribution in [0.5, 0.6) is 0 Å². The second-order valence-corrected chi connectivity index (χ2v) is 4.50. The predicted molar refractivity (Wildman–Crippen MR) is 66.0 cm³/mol. The number of aryl methyl sites for hydroxylation is 1. The quantitative estimate of drug-likeness (QED) is 0.764. The van der Waals surface area contributed by atoms with Crippen molar-refractivity contribution in [2.75, 3.05) is 25.1 Å². The minimum atomic E-state index is 0.432. The zero-order valence-corrected chi connectivity index (χ0v) is 10.4. The molecule has 0 aromatic carbocycles. The molecule has 16 heavy (non-hydrogen) atoms. The van der Waals surface area contributed by atoms with Crippen LogP contribution in [0.15, 0.2) is 12.3 Å². The van der Waals surface area contributed by atoms with Crippen molar-refractivity contribution < 1.29 is 4.74 Å². The summed E-state index contributed by atoms with van der Waals surface area (Å²) in [5.74, 6) is 1.15. The van der Waals surface area contributed by atoms with Gasteiger partial charge in [-0.15, -0.1) is 0 Å².